The van der Waals surface area contributed by atoms with E-state index in [1.54, 1.807) is 10.9 Å². The molecule has 0 aliphatic heterocycles. The van der Waals surface area contributed by atoms with Crippen molar-refractivity contribution in [2.45, 2.75) is 20.8 Å². The van der Waals surface area contributed by atoms with E-state index in [9.17, 15) is 4.79 Å². The zero-order valence-corrected chi connectivity index (χ0v) is 11.1. The average molecular weight is 254 g/mol. The highest BCUT2D eigenvalue weighted by molar-refractivity contribution is 5.81. The topological polar surface area (TPSA) is 63.6 Å². The molecule has 0 amide bonds. The zero-order chi connectivity index (χ0) is 13.6. The van der Waals surface area contributed by atoms with Gasteiger partial charge in [-0.3, -0.25) is 4.79 Å². The SMILES string of the molecule is Cc1ccc(-n2ncc3c(C)n[nH]c(=O)c32)c(C)c1. The van der Waals surface area contributed by atoms with Gasteiger partial charge in [0.25, 0.3) is 5.56 Å². The lowest BCUT2D eigenvalue weighted by Crippen LogP contribution is -2.13. The first-order chi connectivity index (χ1) is 9.08. The number of nitrogens with zero attached hydrogens (tertiary/aromatic N) is 3. The number of benzene rings is 1. The molecule has 0 saturated heterocycles. The third kappa shape index (κ3) is 1.74. The van der Waals surface area contributed by atoms with Gasteiger partial charge in [0.15, 0.2) is 0 Å². The summed E-state index contributed by atoms with van der Waals surface area (Å²) in [4.78, 5) is 12.0. The summed E-state index contributed by atoms with van der Waals surface area (Å²) >= 11 is 0. The van der Waals surface area contributed by atoms with Crippen LogP contribution in [-0.2, 0) is 0 Å². The number of hydrogen-bond donors (Lipinski definition) is 1. The number of H-pyrrole nitrogens is 1. The predicted octanol–water partition coefficient (Wildman–Crippen LogP) is 2.03. The van der Waals surface area contributed by atoms with Gasteiger partial charge in [0.2, 0.25) is 0 Å². The molecule has 0 saturated carbocycles. The van der Waals surface area contributed by atoms with Crippen LogP contribution in [-0.4, -0.2) is 20.0 Å². The molecular weight excluding hydrogens is 240 g/mol. The summed E-state index contributed by atoms with van der Waals surface area (Å²) in [6.07, 6.45) is 1.69. The molecule has 0 atom stereocenters. The van der Waals surface area contributed by atoms with Crippen molar-refractivity contribution in [2.24, 2.45) is 0 Å². The zero-order valence-electron chi connectivity index (χ0n) is 11.1. The van der Waals surface area contributed by atoms with Gasteiger partial charge >= 0.3 is 0 Å². The van der Waals surface area contributed by atoms with E-state index in [1.807, 2.05) is 32.9 Å². The second-order valence-corrected chi connectivity index (χ2v) is 4.75. The second kappa shape index (κ2) is 4.05. The Morgan fingerprint density at radius 1 is 1.21 bits per heavy atom. The molecule has 0 aliphatic rings. The molecule has 19 heavy (non-hydrogen) atoms. The molecule has 0 aliphatic carbocycles. The summed E-state index contributed by atoms with van der Waals surface area (Å²) < 4.78 is 1.68. The number of nitrogens with one attached hydrogen (secondary N) is 1. The predicted molar refractivity (Wildman–Crippen MR) is 73.7 cm³/mol. The van der Waals surface area contributed by atoms with Crippen molar-refractivity contribution in [1.29, 1.82) is 0 Å². The van der Waals surface area contributed by atoms with Crippen molar-refractivity contribution in [3.8, 4) is 5.69 Å². The largest absolute Gasteiger partial charge is 0.290 e. The van der Waals surface area contributed by atoms with Crippen molar-refractivity contribution in [2.75, 3.05) is 0 Å². The first kappa shape index (κ1) is 11.6. The number of hydrogen-bond acceptors (Lipinski definition) is 3. The highest BCUT2D eigenvalue weighted by Gasteiger charge is 2.12. The Hall–Kier alpha value is -2.43. The minimum atomic E-state index is -0.224. The molecule has 0 fully saturated rings. The minimum Gasteiger partial charge on any atom is -0.266 e. The van der Waals surface area contributed by atoms with Crippen LogP contribution in [0.1, 0.15) is 16.8 Å². The molecular formula is C14H14N4O. The van der Waals surface area contributed by atoms with Crippen molar-refractivity contribution in [1.82, 2.24) is 20.0 Å². The van der Waals surface area contributed by atoms with Crippen LogP contribution in [0, 0.1) is 20.8 Å². The Kier molecular flexibility index (Phi) is 2.48. The van der Waals surface area contributed by atoms with Gasteiger partial charge in [-0.25, -0.2) is 9.78 Å². The van der Waals surface area contributed by atoms with Crippen molar-refractivity contribution >= 4 is 10.9 Å². The Balaban J connectivity index is 2.38. The Bertz CT molecular complexity index is 829. The Labute approximate surface area is 109 Å². The number of rotatable bonds is 1. The minimum absolute atomic E-state index is 0.224. The highest BCUT2D eigenvalue weighted by atomic mass is 16.1. The molecule has 2 aromatic heterocycles. The summed E-state index contributed by atoms with van der Waals surface area (Å²) in [6, 6.07) is 6.06. The second-order valence-electron chi connectivity index (χ2n) is 4.75. The molecule has 3 rings (SSSR count). The maximum Gasteiger partial charge on any atom is 0.290 e. The molecule has 0 bridgehead atoms. The van der Waals surface area contributed by atoms with E-state index in [4.69, 9.17) is 0 Å². The van der Waals surface area contributed by atoms with Gasteiger partial charge in [-0.1, -0.05) is 17.7 Å². The van der Waals surface area contributed by atoms with E-state index < -0.39 is 0 Å². The fourth-order valence-electron chi connectivity index (χ4n) is 2.31. The molecule has 2 heterocycles. The summed E-state index contributed by atoms with van der Waals surface area (Å²) in [7, 11) is 0. The lowest BCUT2D eigenvalue weighted by molar-refractivity contribution is 0.885. The molecule has 0 spiro atoms. The lowest BCUT2D eigenvalue weighted by atomic mass is 10.1. The number of aryl methyl sites for hydroxylation is 3. The van der Waals surface area contributed by atoms with Crippen LogP contribution in [0.4, 0.5) is 0 Å². The van der Waals surface area contributed by atoms with Crippen LogP contribution >= 0.6 is 0 Å². The fourth-order valence-corrected chi connectivity index (χ4v) is 2.31. The van der Waals surface area contributed by atoms with Gasteiger partial charge in [-0.15, -0.1) is 0 Å². The standard InChI is InChI=1S/C14H14N4O/c1-8-4-5-12(9(2)6-8)18-13-11(7-15-18)10(3)16-17-14(13)19/h4-7H,1-3H3,(H,17,19). The van der Waals surface area contributed by atoms with E-state index in [0.29, 0.717) is 5.52 Å². The van der Waals surface area contributed by atoms with Crippen molar-refractivity contribution in [3.05, 3.63) is 51.6 Å². The molecule has 0 radical (unpaired) electrons. The van der Waals surface area contributed by atoms with Gasteiger partial charge in [0.05, 0.1) is 17.6 Å². The monoisotopic (exact) mass is 254 g/mol. The Morgan fingerprint density at radius 2 is 2.00 bits per heavy atom. The quantitative estimate of drug-likeness (QED) is 0.722. The molecule has 0 unspecified atom stereocenters. The van der Waals surface area contributed by atoms with Gasteiger partial charge in [0.1, 0.15) is 5.52 Å². The molecule has 1 aromatic carbocycles. The third-order valence-corrected chi connectivity index (χ3v) is 3.28. The van der Waals surface area contributed by atoms with Crippen molar-refractivity contribution in [3.63, 3.8) is 0 Å². The van der Waals surface area contributed by atoms with E-state index >= 15 is 0 Å². The van der Waals surface area contributed by atoms with Gasteiger partial charge < -0.3 is 0 Å². The fraction of sp³-hybridized carbons (Fsp3) is 0.214. The summed E-state index contributed by atoms with van der Waals surface area (Å²) in [5, 5.41) is 11.6. The Morgan fingerprint density at radius 3 is 2.74 bits per heavy atom. The molecule has 3 aromatic rings. The number of fused-ring (bicyclic) bond motifs is 1. The summed E-state index contributed by atoms with van der Waals surface area (Å²) in [5.41, 5.74) is 4.27. The van der Waals surface area contributed by atoms with Crippen LogP contribution in [0.25, 0.3) is 16.6 Å². The van der Waals surface area contributed by atoms with E-state index in [-0.39, 0.29) is 5.56 Å². The number of aromatic amines is 1. The van der Waals surface area contributed by atoms with Gasteiger partial charge in [0, 0.05) is 5.39 Å². The summed E-state index contributed by atoms with van der Waals surface area (Å²) in [6.45, 7) is 5.91. The third-order valence-electron chi connectivity index (χ3n) is 3.28. The first-order valence-corrected chi connectivity index (χ1v) is 6.08. The van der Waals surface area contributed by atoms with Crippen LogP contribution < -0.4 is 5.56 Å². The maximum atomic E-state index is 12.0. The average Bonchev–Trinajstić information content (AvgIpc) is 2.80. The van der Waals surface area contributed by atoms with E-state index in [1.165, 1.54) is 5.56 Å². The smallest absolute Gasteiger partial charge is 0.266 e. The van der Waals surface area contributed by atoms with E-state index in [2.05, 4.69) is 21.4 Å². The van der Waals surface area contributed by atoms with E-state index in [0.717, 1.165) is 22.3 Å². The molecule has 5 heteroatoms. The van der Waals surface area contributed by atoms with Crippen LogP contribution in [0.5, 0.6) is 0 Å². The first-order valence-electron chi connectivity index (χ1n) is 6.08. The van der Waals surface area contributed by atoms with Crippen LogP contribution in [0.2, 0.25) is 0 Å². The van der Waals surface area contributed by atoms with Crippen LogP contribution in [0.15, 0.2) is 29.2 Å². The lowest BCUT2D eigenvalue weighted by Gasteiger charge is -2.07. The molecule has 5 nitrogen and oxygen atoms in total. The molecule has 1 N–H and O–H groups in total. The highest BCUT2D eigenvalue weighted by Crippen LogP contribution is 2.20. The van der Waals surface area contributed by atoms with Crippen molar-refractivity contribution < 1.29 is 0 Å². The normalized spacial score (nSPS) is 11.1. The summed E-state index contributed by atoms with van der Waals surface area (Å²) in [5.74, 6) is 0. The van der Waals surface area contributed by atoms with Gasteiger partial charge in [-0.2, -0.15) is 10.2 Å². The number of aromatic nitrogens is 4. The van der Waals surface area contributed by atoms with Gasteiger partial charge in [-0.05, 0) is 32.4 Å². The maximum absolute atomic E-state index is 12.0. The molecule has 96 valence electrons. The van der Waals surface area contributed by atoms with Crippen LogP contribution in [0.3, 0.4) is 0 Å².